The van der Waals surface area contributed by atoms with Crippen LogP contribution in [-0.4, -0.2) is 56.8 Å². The van der Waals surface area contributed by atoms with Gasteiger partial charge in [-0.1, -0.05) is 17.8 Å². The third-order valence-corrected chi connectivity index (χ3v) is 8.43. The third kappa shape index (κ3) is 4.93. The third-order valence-electron chi connectivity index (χ3n) is 7.88. The smallest absolute Gasteiger partial charge is 0.412 e. The van der Waals surface area contributed by atoms with Crippen LogP contribution in [0.1, 0.15) is 75.8 Å². The minimum atomic E-state index is -0.966. The van der Waals surface area contributed by atoms with E-state index in [0.717, 1.165) is 66.4 Å². The molecule has 200 valence electrons. The normalized spacial score (nSPS) is 25.5. The maximum absolute atomic E-state index is 12.2. The molecule has 9 heteroatoms. The number of aliphatic hydroxyl groups is 1. The monoisotopic (exact) mass is 526 g/mol. The van der Waals surface area contributed by atoms with Gasteiger partial charge >= 0.3 is 6.09 Å². The van der Waals surface area contributed by atoms with E-state index in [1.54, 1.807) is 0 Å². The van der Waals surface area contributed by atoms with Gasteiger partial charge in [0.15, 0.2) is 5.16 Å². The van der Waals surface area contributed by atoms with Crippen molar-refractivity contribution in [2.75, 3.05) is 29.1 Å². The maximum Gasteiger partial charge on any atom is 0.412 e. The number of benzene rings is 1. The molecule has 0 saturated carbocycles. The number of aromatic nitrogens is 2. The van der Waals surface area contributed by atoms with E-state index in [9.17, 15) is 15.0 Å². The lowest BCUT2D eigenvalue weighted by atomic mass is 9.74. The van der Waals surface area contributed by atoms with Gasteiger partial charge in [0.25, 0.3) is 0 Å². The van der Waals surface area contributed by atoms with E-state index in [1.165, 1.54) is 22.2 Å². The standard InChI is InChI=1S/C28H38N4O4S/c1-26(2,3)32(25(33)34)19-10-9-18-8-6-12-28(21(18)14-19)15-22-20(16-36-28)23(30-24(29-22)37-5)31-13-7-11-27(4,35)17-31/h9-10,14,35H,6-8,11-13,15-17H2,1-5H3,(H,33,34)/t27-,28?/m1/s1. The highest BCUT2D eigenvalue weighted by Gasteiger charge is 2.44. The number of fused-ring (bicyclic) bond motifs is 3. The topological polar surface area (TPSA) is 99.0 Å². The minimum absolute atomic E-state index is 0.392. The summed E-state index contributed by atoms with van der Waals surface area (Å²) in [7, 11) is 0. The summed E-state index contributed by atoms with van der Waals surface area (Å²) in [6.45, 7) is 9.39. The van der Waals surface area contributed by atoms with Crippen LogP contribution in [0.25, 0.3) is 0 Å². The van der Waals surface area contributed by atoms with E-state index in [-0.39, 0.29) is 0 Å². The number of thioether (sulfide) groups is 1. The maximum atomic E-state index is 12.2. The zero-order chi connectivity index (χ0) is 26.6. The molecule has 3 heterocycles. The molecule has 3 aliphatic rings. The fourth-order valence-corrected chi connectivity index (χ4v) is 6.62. The van der Waals surface area contributed by atoms with Gasteiger partial charge in [0.2, 0.25) is 0 Å². The molecule has 37 heavy (non-hydrogen) atoms. The number of hydrogen-bond acceptors (Lipinski definition) is 7. The predicted octanol–water partition coefficient (Wildman–Crippen LogP) is 5.14. The Bertz CT molecular complexity index is 1210. The van der Waals surface area contributed by atoms with Crippen molar-refractivity contribution in [1.29, 1.82) is 0 Å². The summed E-state index contributed by atoms with van der Waals surface area (Å²) in [6.07, 6.45) is 6.15. The van der Waals surface area contributed by atoms with E-state index >= 15 is 0 Å². The number of carboxylic acid groups (broad SMARTS) is 1. The molecule has 1 aromatic carbocycles. The van der Waals surface area contributed by atoms with E-state index in [0.29, 0.717) is 25.3 Å². The average Bonchev–Trinajstić information content (AvgIpc) is 2.82. The molecule has 2 N–H and O–H groups in total. The lowest BCUT2D eigenvalue weighted by Gasteiger charge is -2.44. The molecule has 2 atom stereocenters. The number of ether oxygens (including phenoxy) is 1. The van der Waals surface area contributed by atoms with Crippen molar-refractivity contribution in [3.05, 3.63) is 40.6 Å². The summed E-state index contributed by atoms with van der Waals surface area (Å²) < 4.78 is 6.76. The van der Waals surface area contributed by atoms with Crippen molar-refractivity contribution in [3.8, 4) is 0 Å². The first-order valence-corrected chi connectivity index (χ1v) is 14.4. The molecule has 1 saturated heterocycles. The van der Waals surface area contributed by atoms with Gasteiger partial charge in [-0.05, 0) is 89.3 Å². The van der Waals surface area contributed by atoms with Crippen LogP contribution in [0.2, 0.25) is 0 Å². The van der Waals surface area contributed by atoms with Crippen LogP contribution < -0.4 is 9.80 Å². The number of aryl methyl sites for hydroxylation is 1. The molecule has 1 fully saturated rings. The molecular weight excluding hydrogens is 488 g/mol. The first-order valence-electron chi connectivity index (χ1n) is 13.1. The van der Waals surface area contributed by atoms with Crippen molar-refractivity contribution in [2.45, 2.75) is 94.7 Å². The fourth-order valence-electron chi connectivity index (χ4n) is 6.24. The Hall–Kier alpha value is -2.36. The number of anilines is 2. The van der Waals surface area contributed by atoms with Gasteiger partial charge in [0.1, 0.15) is 5.82 Å². The molecule has 1 aromatic heterocycles. The number of carbonyl (C=O) groups is 1. The number of β-amino-alcohol motifs (C(OH)–C–C–N with tert-alkyl or cyclic N) is 1. The number of amides is 1. The van der Waals surface area contributed by atoms with Crippen LogP contribution in [0.3, 0.4) is 0 Å². The molecule has 2 aromatic rings. The molecular formula is C28H38N4O4S. The highest BCUT2D eigenvalue weighted by molar-refractivity contribution is 7.98. The van der Waals surface area contributed by atoms with Crippen LogP contribution in [0.5, 0.6) is 0 Å². The van der Waals surface area contributed by atoms with Crippen molar-refractivity contribution in [2.24, 2.45) is 0 Å². The summed E-state index contributed by atoms with van der Waals surface area (Å²) in [5.41, 5.74) is 3.08. The van der Waals surface area contributed by atoms with E-state index in [4.69, 9.17) is 14.7 Å². The van der Waals surface area contributed by atoms with E-state index < -0.39 is 22.8 Å². The molecule has 1 spiro atoms. The van der Waals surface area contributed by atoms with Gasteiger partial charge in [-0.15, -0.1) is 0 Å². The van der Waals surface area contributed by atoms with Crippen molar-refractivity contribution in [3.63, 3.8) is 0 Å². The lowest BCUT2D eigenvalue weighted by Crippen LogP contribution is -2.47. The second-order valence-corrected chi connectivity index (χ2v) is 12.7. The molecule has 2 aliphatic heterocycles. The summed E-state index contributed by atoms with van der Waals surface area (Å²) in [6, 6.07) is 6.02. The SMILES string of the molecule is CSc1nc2c(c(N3CCC[C@@](C)(O)C3)n1)COC1(CCCc3ccc(N(C(=O)O)C(C)(C)C)cc31)C2. The Morgan fingerprint density at radius 1 is 1.22 bits per heavy atom. The van der Waals surface area contributed by atoms with Crippen LogP contribution in [-0.2, 0) is 29.8 Å². The molecule has 8 nitrogen and oxygen atoms in total. The zero-order valence-corrected chi connectivity index (χ0v) is 23.3. The van der Waals surface area contributed by atoms with Crippen molar-refractivity contribution < 1.29 is 19.7 Å². The van der Waals surface area contributed by atoms with Crippen LogP contribution in [0.15, 0.2) is 23.4 Å². The Kier molecular flexibility index (Phi) is 6.69. The molecule has 1 aliphatic carbocycles. The lowest BCUT2D eigenvalue weighted by molar-refractivity contribution is -0.0856. The molecule has 1 amide bonds. The molecule has 5 rings (SSSR count). The Labute approximate surface area is 223 Å². The Morgan fingerprint density at radius 2 is 2.00 bits per heavy atom. The Morgan fingerprint density at radius 3 is 2.68 bits per heavy atom. The predicted molar refractivity (Wildman–Crippen MR) is 146 cm³/mol. The molecule has 0 bridgehead atoms. The second-order valence-electron chi connectivity index (χ2n) is 11.9. The highest BCUT2D eigenvalue weighted by Crippen LogP contribution is 2.47. The average molecular weight is 527 g/mol. The zero-order valence-electron chi connectivity index (χ0n) is 22.5. The van der Waals surface area contributed by atoms with Crippen LogP contribution in [0, 0.1) is 0 Å². The Balaban J connectivity index is 1.56. The van der Waals surface area contributed by atoms with Crippen molar-refractivity contribution >= 4 is 29.4 Å². The quantitative estimate of drug-likeness (QED) is 0.419. The highest BCUT2D eigenvalue weighted by atomic mass is 32.2. The summed E-state index contributed by atoms with van der Waals surface area (Å²) >= 11 is 1.53. The second kappa shape index (κ2) is 9.43. The first-order chi connectivity index (χ1) is 17.4. The van der Waals surface area contributed by atoms with Gasteiger partial charge in [-0.2, -0.15) is 0 Å². The van der Waals surface area contributed by atoms with Gasteiger partial charge < -0.3 is 19.8 Å². The number of rotatable bonds is 3. The number of hydrogen-bond donors (Lipinski definition) is 2. The largest absolute Gasteiger partial charge is 0.465 e. The van der Waals surface area contributed by atoms with E-state index in [1.807, 2.05) is 46.1 Å². The van der Waals surface area contributed by atoms with Crippen molar-refractivity contribution in [1.82, 2.24) is 9.97 Å². The van der Waals surface area contributed by atoms with E-state index in [2.05, 4.69) is 11.0 Å². The summed E-state index contributed by atoms with van der Waals surface area (Å²) in [5, 5.41) is 21.5. The number of nitrogens with zero attached hydrogens (tertiary/aromatic N) is 4. The fraction of sp³-hybridized carbons (Fsp3) is 0.607. The van der Waals surface area contributed by atoms with Gasteiger partial charge in [-0.3, -0.25) is 4.90 Å². The van der Waals surface area contributed by atoms with Gasteiger partial charge in [-0.25, -0.2) is 14.8 Å². The summed E-state index contributed by atoms with van der Waals surface area (Å²) in [5.74, 6) is 0.874. The minimum Gasteiger partial charge on any atom is -0.465 e. The van der Waals surface area contributed by atoms with Gasteiger partial charge in [0.05, 0.1) is 23.5 Å². The molecule has 0 radical (unpaired) electrons. The van der Waals surface area contributed by atoms with Gasteiger partial charge in [0, 0.05) is 36.3 Å². The number of piperidine rings is 1. The molecule has 1 unspecified atom stereocenters. The van der Waals surface area contributed by atoms with Crippen LogP contribution in [0.4, 0.5) is 16.3 Å². The van der Waals surface area contributed by atoms with Crippen LogP contribution >= 0.6 is 11.8 Å². The summed E-state index contributed by atoms with van der Waals surface area (Å²) in [4.78, 5) is 25.6. The first kappa shape index (κ1) is 26.3.